The molecular weight excluding hydrogens is 268 g/mol. The number of benzene rings is 1. The first-order valence-electron chi connectivity index (χ1n) is 7.25. The van der Waals surface area contributed by atoms with Gasteiger partial charge in [0.25, 0.3) is 0 Å². The minimum atomic E-state index is 0.198. The molecule has 0 saturated carbocycles. The molecule has 0 atom stereocenters. The first-order valence-corrected chi connectivity index (χ1v) is 7.25. The van der Waals surface area contributed by atoms with E-state index in [1.807, 2.05) is 32.0 Å². The Morgan fingerprint density at radius 1 is 1.33 bits per heavy atom. The van der Waals surface area contributed by atoms with Crippen LogP contribution in [0.2, 0.25) is 0 Å². The SMILES string of the molecule is CC(C)c1nc(COc2cccc3c2CCCC3=O)no1. The number of hydrogen-bond acceptors (Lipinski definition) is 5. The second kappa shape index (κ2) is 5.68. The fraction of sp³-hybridized carbons (Fsp3) is 0.438. The highest BCUT2D eigenvalue weighted by Gasteiger charge is 2.20. The van der Waals surface area contributed by atoms with E-state index in [-0.39, 0.29) is 18.3 Å². The van der Waals surface area contributed by atoms with Crippen LogP contribution in [0.25, 0.3) is 0 Å². The normalized spacial score (nSPS) is 14.3. The lowest BCUT2D eigenvalue weighted by Gasteiger charge is -2.18. The number of rotatable bonds is 4. The van der Waals surface area contributed by atoms with Gasteiger partial charge in [-0.2, -0.15) is 4.98 Å². The quantitative estimate of drug-likeness (QED) is 0.862. The zero-order valence-corrected chi connectivity index (χ0v) is 12.3. The van der Waals surface area contributed by atoms with Gasteiger partial charge in [0.2, 0.25) is 11.7 Å². The number of ether oxygens (including phenoxy) is 1. The molecule has 5 heteroatoms. The van der Waals surface area contributed by atoms with Gasteiger partial charge in [0.1, 0.15) is 5.75 Å². The zero-order chi connectivity index (χ0) is 14.8. The summed E-state index contributed by atoms with van der Waals surface area (Å²) in [4.78, 5) is 16.2. The summed E-state index contributed by atoms with van der Waals surface area (Å²) in [6, 6.07) is 5.61. The number of carbonyl (C=O) groups excluding carboxylic acids is 1. The highest BCUT2D eigenvalue weighted by atomic mass is 16.5. The van der Waals surface area contributed by atoms with Gasteiger partial charge >= 0.3 is 0 Å². The van der Waals surface area contributed by atoms with E-state index in [2.05, 4.69) is 10.1 Å². The van der Waals surface area contributed by atoms with Gasteiger partial charge in [-0.05, 0) is 18.9 Å². The van der Waals surface area contributed by atoms with Crippen LogP contribution in [0.3, 0.4) is 0 Å². The van der Waals surface area contributed by atoms with E-state index < -0.39 is 0 Å². The number of ketones is 1. The Kier molecular flexibility index (Phi) is 3.73. The molecule has 0 radical (unpaired) electrons. The van der Waals surface area contributed by atoms with Crippen LogP contribution in [0.5, 0.6) is 5.75 Å². The molecule has 1 heterocycles. The number of fused-ring (bicyclic) bond motifs is 1. The Bertz CT molecular complexity index is 661. The van der Waals surface area contributed by atoms with Crippen LogP contribution in [0.4, 0.5) is 0 Å². The fourth-order valence-electron chi connectivity index (χ4n) is 2.48. The van der Waals surface area contributed by atoms with E-state index in [0.717, 1.165) is 29.7 Å². The van der Waals surface area contributed by atoms with Crippen LogP contribution in [0, 0.1) is 0 Å². The third-order valence-electron chi connectivity index (χ3n) is 3.60. The molecule has 1 aromatic heterocycles. The Morgan fingerprint density at radius 2 is 2.19 bits per heavy atom. The molecular formula is C16H18N2O3. The van der Waals surface area contributed by atoms with Gasteiger partial charge in [0.15, 0.2) is 12.4 Å². The van der Waals surface area contributed by atoms with Crippen molar-refractivity contribution >= 4 is 5.78 Å². The molecule has 1 aromatic carbocycles. The molecule has 0 aliphatic heterocycles. The molecule has 0 bridgehead atoms. The predicted octanol–water partition coefficient (Wildman–Crippen LogP) is 3.29. The van der Waals surface area contributed by atoms with Crippen molar-refractivity contribution in [1.82, 2.24) is 10.1 Å². The van der Waals surface area contributed by atoms with Gasteiger partial charge in [0.05, 0.1) is 0 Å². The maximum atomic E-state index is 11.9. The third kappa shape index (κ3) is 2.82. The van der Waals surface area contributed by atoms with E-state index in [1.54, 1.807) is 0 Å². The van der Waals surface area contributed by atoms with Crippen molar-refractivity contribution in [2.24, 2.45) is 0 Å². The summed E-state index contributed by atoms with van der Waals surface area (Å²) in [5, 5.41) is 3.90. The molecule has 3 rings (SSSR count). The first kappa shape index (κ1) is 13.8. The molecule has 21 heavy (non-hydrogen) atoms. The number of aromatic nitrogens is 2. The maximum absolute atomic E-state index is 11.9. The first-order chi connectivity index (χ1) is 10.1. The molecule has 0 saturated heterocycles. The van der Waals surface area contributed by atoms with Gasteiger partial charge in [-0.3, -0.25) is 4.79 Å². The highest BCUT2D eigenvalue weighted by Crippen LogP contribution is 2.30. The average molecular weight is 286 g/mol. The minimum Gasteiger partial charge on any atom is -0.485 e. The van der Waals surface area contributed by atoms with E-state index in [4.69, 9.17) is 9.26 Å². The van der Waals surface area contributed by atoms with Gasteiger partial charge < -0.3 is 9.26 Å². The molecule has 1 aliphatic carbocycles. The molecule has 0 fully saturated rings. The van der Waals surface area contributed by atoms with E-state index in [0.29, 0.717) is 18.1 Å². The second-order valence-corrected chi connectivity index (χ2v) is 5.55. The molecule has 0 N–H and O–H groups in total. The zero-order valence-electron chi connectivity index (χ0n) is 12.3. The summed E-state index contributed by atoms with van der Waals surface area (Å²) in [6.45, 7) is 4.25. The van der Waals surface area contributed by atoms with Gasteiger partial charge in [-0.25, -0.2) is 0 Å². The molecule has 1 aliphatic rings. The van der Waals surface area contributed by atoms with Gasteiger partial charge in [0, 0.05) is 23.5 Å². The Labute approximate surface area is 123 Å². The number of carbonyl (C=O) groups is 1. The van der Waals surface area contributed by atoms with Crippen molar-refractivity contribution in [2.75, 3.05) is 0 Å². The minimum absolute atomic E-state index is 0.198. The number of Topliss-reactive ketones (excluding diaryl/α,β-unsaturated/α-hetero) is 1. The molecule has 0 amide bonds. The monoisotopic (exact) mass is 286 g/mol. The fourth-order valence-corrected chi connectivity index (χ4v) is 2.48. The van der Waals surface area contributed by atoms with E-state index in [9.17, 15) is 4.79 Å². The van der Waals surface area contributed by atoms with Crippen molar-refractivity contribution in [1.29, 1.82) is 0 Å². The Hall–Kier alpha value is -2.17. The average Bonchev–Trinajstić information content (AvgIpc) is 2.95. The lowest BCUT2D eigenvalue weighted by atomic mass is 9.90. The van der Waals surface area contributed by atoms with Crippen LogP contribution in [0.1, 0.15) is 60.2 Å². The molecule has 110 valence electrons. The number of hydrogen-bond donors (Lipinski definition) is 0. The van der Waals surface area contributed by atoms with Crippen LogP contribution >= 0.6 is 0 Å². The van der Waals surface area contributed by atoms with Crippen LogP contribution < -0.4 is 4.74 Å². The smallest absolute Gasteiger partial charge is 0.229 e. The largest absolute Gasteiger partial charge is 0.485 e. The lowest BCUT2D eigenvalue weighted by molar-refractivity contribution is 0.0971. The summed E-state index contributed by atoms with van der Waals surface area (Å²) >= 11 is 0. The summed E-state index contributed by atoms with van der Waals surface area (Å²) in [5.41, 5.74) is 1.79. The second-order valence-electron chi connectivity index (χ2n) is 5.55. The molecule has 0 unspecified atom stereocenters. The van der Waals surface area contributed by atoms with Crippen molar-refractivity contribution in [3.63, 3.8) is 0 Å². The molecule has 5 nitrogen and oxygen atoms in total. The summed E-state index contributed by atoms with van der Waals surface area (Å²) in [6.07, 6.45) is 2.38. The molecule has 0 spiro atoms. The third-order valence-corrected chi connectivity index (χ3v) is 3.60. The molecule has 2 aromatic rings. The Morgan fingerprint density at radius 3 is 2.95 bits per heavy atom. The summed E-state index contributed by atoms with van der Waals surface area (Å²) < 4.78 is 10.9. The van der Waals surface area contributed by atoms with Gasteiger partial charge in [-0.15, -0.1) is 0 Å². The highest BCUT2D eigenvalue weighted by molar-refractivity contribution is 5.99. The number of nitrogens with zero attached hydrogens (tertiary/aromatic N) is 2. The maximum Gasteiger partial charge on any atom is 0.229 e. The van der Waals surface area contributed by atoms with Crippen molar-refractivity contribution < 1.29 is 14.1 Å². The lowest BCUT2D eigenvalue weighted by Crippen LogP contribution is -2.12. The van der Waals surface area contributed by atoms with Crippen LogP contribution in [-0.2, 0) is 13.0 Å². The van der Waals surface area contributed by atoms with Gasteiger partial charge in [-0.1, -0.05) is 31.1 Å². The standard InChI is InChI=1S/C16H18N2O3/c1-10(2)16-17-15(18-21-16)9-20-14-8-4-5-11-12(14)6-3-7-13(11)19/h4-5,8,10H,3,6-7,9H2,1-2H3. The van der Waals surface area contributed by atoms with Crippen molar-refractivity contribution in [3.05, 3.63) is 41.0 Å². The van der Waals surface area contributed by atoms with Crippen molar-refractivity contribution in [3.8, 4) is 5.75 Å². The van der Waals surface area contributed by atoms with Crippen LogP contribution in [0.15, 0.2) is 22.7 Å². The predicted molar refractivity (Wildman–Crippen MR) is 76.4 cm³/mol. The summed E-state index contributed by atoms with van der Waals surface area (Å²) in [7, 11) is 0. The van der Waals surface area contributed by atoms with Crippen LogP contribution in [-0.4, -0.2) is 15.9 Å². The van der Waals surface area contributed by atoms with E-state index >= 15 is 0 Å². The topological polar surface area (TPSA) is 65.2 Å². The summed E-state index contributed by atoms with van der Waals surface area (Å²) in [5.74, 6) is 2.28. The van der Waals surface area contributed by atoms with E-state index in [1.165, 1.54) is 0 Å². The Balaban J connectivity index is 1.76. The van der Waals surface area contributed by atoms with Crippen molar-refractivity contribution in [2.45, 2.75) is 45.6 Å².